The molecule has 2 aliphatic rings. The van der Waals surface area contributed by atoms with Crippen LogP contribution in [0.25, 0.3) is 0 Å². The molecule has 8 nitrogen and oxygen atoms in total. The zero-order chi connectivity index (χ0) is 25.2. The van der Waals surface area contributed by atoms with Crippen molar-refractivity contribution in [1.29, 1.82) is 0 Å². The Bertz CT molecular complexity index is 962. The van der Waals surface area contributed by atoms with Gasteiger partial charge in [-0.1, -0.05) is 0 Å². The van der Waals surface area contributed by atoms with Crippen molar-refractivity contribution < 1.29 is 37.4 Å². The van der Waals surface area contributed by atoms with Crippen molar-refractivity contribution in [2.24, 2.45) is 5.92 Å². The molecule has 2 aliphatic heterocycles. The van der Waals surface area contributed by atoms with E-state index in [9.17, 15) is 14.4 Å². The van der Waals surface area contributed by atoms with Crippen LogP contribution in [0.1, 0.15) is 57.3 Å². The number of carbonyl (C=O) groups excluding carboxylic acids is 3. The van der Waals surface area contributed by atoms with Crippen LogP contribution >= 0.6 is 0 Å². The predicted molar refractivity (Wildman–Crippen MR) is 120 cm³/mol. The molecule has 10 heteroatoms. The number of ketones is 1. The standard InChI is InChI=1S/C24H32F2N2O6/c1-6-33-19(30)11-18(29)15-10-16(25)21(22(32-5)20(15)26)27-12-14-8-7-9-28(17(14)13-27)23(31)34-24(2,3)4/h10,14,17H,6-9,11-13H2,1-5H3. The van der Waals surface area contributed by atoms with Gasteiger partial charge in [0, 0.05) is 19.6 Å². The van der Waals surface area contributed by atoms with Crippen molar-refractivity contribution in [3.63, 3.8) is 0 Å². The molecule has 1 aromatic rings. The summed E-state index contributed by atoms with van der Waals surface area (Å²) in [5.41, 5.74) is -1.32. The molecular formula is C24H32F2N2O6. The van der Waals surface area contributed by atoms with Gasteiger partial charge >= 0.3 is 12.1 Å². The van der Waals surface area contributed by atoms with Crippen LogP contribution in [0.15, 0.2) is 6.07 Å². The number of carbonyl (C=O) groups is 3. The average molecular weight is 483 g/mol. The van der Waals surface area contributed by atoms with Gasteiger partial charge in [-0.25, -0.2) is 13.6 Å². The number of amides is 1. The number of ether oxygens (including phenoxy) is 3. The van der Waals surface area contributed by atoms with E-state index in [0.717, 1.165) is 18.9 Å². The van der Waals surface area contributed by atoms with Crippen LogP contribution in [-0.4, -0.2) is 67.7 Å². The lowest BCUT2D eigenvalue weighted by Crippen LogP contribution is -2.50. The Hall–Kier alpha value is -2.91. The SMILES string of the molecule is CCOC(=O)CC(=O)c1cc(F)c(N2CC3CCCN(C(=O)OC(C)(C)C)C3C2)c(OC)c1F. The van der Waals surface area contributed by atoms with Gasteiger partial charge in [-0.2, -0.15) is 0 Å². The molecule has 0 aromatic heterocycles. The third kappa shape index (κ3) is 5.42. The maximum Gasteiger partial charge on any atom is 0.410 e. The number of anilines is 1. The lowest BCUT2D eigenvalue weighted by Gasteiger charge is -2.37. The number of piperidine rings is 1. The van der Waals surface area contributed by atoms with E-state index < -0.39 is 52.8 Å². The van der Waals surface area contributed by atoms with E-state index in [1.165, 1.54) is 7.11 Å². The number of methoxy groups -OCH3 is 1. The fourth-order valence-corrected chi connectivity index (χ4v) is 4.63. The lowest BCUT2D eigenvalue weighted by atomic mass is 9.92. The first-order valence-electron chi connectivity index (χ1n) is 11.5. The second kappa shape index (κ2) is 10.1. The van der Waals surface area contributed by atoms with E-state index in [4.69, 9.17) is 14.2 Å². The Labute approximate surface area is 198 Å². The maximum absolute atomic E-state index is 15.3. The van der Waals surface area contributed by atoms with Gasteiger partial charge in [-0.05, 0) is 52.5 Å². The Morgan fingerprint density at radius 2 is 1.88 bits per heavy atom. The molecule has 2 unspecified atom stereocenters. The molecule has 2 fully saturated rings. The Balaban J connectivity index is 1.87. The molecule has 0 radical (unpaired) electrons. The number of benzene rings is 1. The lowest BCUT2D eigenvalue weighted by molar-refractivity contribution is -0.141. The maximum atomic E-state index is 15.3. The van der Waals surface area contributed by atoms with Crippen molar-refractivity contribution in [3.8, 4) is 5.75 Å². The quantitative estimate of drug-likeness (QED) is 0.345. The minimum absolute atomic E-state index is 0.0542. The summed E-state index contributed by atoms with van der Waals surface area (Å²) in [6, 6.07) is 0.573. The third-order valence-electron chi connectivity index (χ3n) is 5.99. The zero-order valence-electron chi connectivity index (χ0n) is 20.3. The van der Waals surface area contributed by atoms with Crippen LogP contribution in [-0.2, 0) is 14.3 Å². The van der Waals surface area contributed by atoms with Gasteiger partial charge < -0.3 is 24.0 Å². The Kier molecular flexibility index (Phi) is 7.67. The second-order valence-corrected chi connectivity index (χ2v) is 9.56. The molecule has 1 amide bonds. The van der Waals surface area contributed by atoms with Gasteiger partial charge in [0.05, 0.1) is 25.3 Å². The summed E-state index contributed by atoms with van der Waals surface area (Å²) in [6.45, 7) is 8.23. The molecule has 188 valence electrons. The van der Waals surface area contributed by atoms with E-state index in [-0.39, 0.29) is 30.8 Å². The molecule has 0 saturated carbocycles. The van der Waals surface area contributed by atoms with Crippen molar-refractivity contribution in [1.82, 2.24) is 4.90 Å². The zero-order valence-corrected chi connectivity index (χ0v) is 20.3. The average Bonchev–Trinajstić information content (AvgIpc) is 3.17. The van der Waals surface area contributed by atoms with Gasteiger partial charge in [-0.15, -0.1) is 0 Å². The number of rotatable bonds is 6. The number of fused-ring (bicyclic) bond motifs is 1. The highest BCUT2D eigenvalue weighted by molar-refractivity contribution is 6.06. The van der Waals surface area contributed by atoms with E-state index in [2.05, 4.69) is 0 Å². The van der Waals surface area contributed by atoms with Crippen molar-refractivity contribution >= 4 is 23.5 Å². The molecule has 3 rings (SSSR count). The summed E-state index contributed by atoms with van der Waals surface area (Å²) in [5, 5.41) is 0. The highest BCUT2D eigenvalue weighted by Crippen LogP contribution is 2.41. The number of halogens is 2. The fourth-order valence-electron chi connectivity index (χ4n) is 4.63. The molecule has 2 atom stereocenters. The molecule has 0 spiro atoms. The molecule has 0 bridgehead atoms. The van der Waals surface area contributed by atoms with E-state index in [1.54, 1.807) is 37.5 Å². The third-order valence-corrected chi connectivity index (χ3v) is 5.99. The molecule has 0 N–H and O–H groups in total. The highest BCUT2D eigenvalue weighted by atomic mass is 19.1. The predicted octanol–water partition coefficient (Wildman–Crippen LogP) is 3.95. The first kappa shape index (κ1) is 25.7. The first-order valence-corrected chi connectivity index (χ1v) is 11.5. The molecule has 2 heterocycles. The summed E-state index contributed by atoms with van der Waals surface area (Å²) >= 11 is 0. The number of nitrogens with zero attached hydrogens (tertiary/aromatic N) is 2. The second-order valence-electron chi connectivity index (χ2n) is 9.56. The number of hydrogen-bond donors (Lipinski definition) is 0. The number of hydrogen-bond acceptors (Lipinski definition) is 7. The largest absolute Gasteiger partial charge is 0.491 e. The monoisotopic (exact) mass is 482 g/mol. The van der Waals surface area contributed by atoms with E-state index >= 15 is 8.78 Å². The van der Waals surface area contributed by atoms with E-state index in [1.807, 2.05) is 0 Å². The Morgan fingerprint density at radius 3 is 2.50 bits per heavy atom. The number of likely N-dealkylation sites (tertiary alicyclic amines) is 1. The van der Waals surface area contributed by atoms with E-state index in [0.29, 0.717) is 13.1 Å². The normalized spacial score (nSPS) is 20.1. The summed E-state index contributed by atoms with van der Waals surface area (Å²) in [6.07, 6.45) is 0.486. The van der Waals surface area contributed by atoms with Gasteiger partial charge in [0.2, 0.25) is 0 Å². The number of Topliss-reactive ketones (excluding diaryl/α,β-unsaturated/α-hetero) is 1. The summed E-state index contributed by atoms with van der Waals surface area (Å²) in [7, 11) is 1.19. The first-order chi connectivity index (χ1) is 16.0. The number of esters is 1. The summed E-state index contributed by atoms with van der Waals surface area (Å²) in [5.74, 6) is -3.94. The van der Waals surface area contributed by atoms with Crippen molar-refractivity contribution in [2.45, 2.75) is 58.6 Å². The van der Waals surface area contributed by atoms with Crippen LogP contribution in [0.3, 0.4) is 0 Å². The van der Waals surface area contributed by atoms with Crippen LogP contribution < -0.4 is 9.64 Å². The van der Waals surface area contributed by atoms with Gasteiger partial charge in [0.15, 0.2) is 23.2 Å². The molecule has 2 saturated heterocycles. The Morgan fingerprint density at radius 1 is 1.18 bits per heavy atom. The molecule has 0 aliphatic carbocycles. The van der Waals surface area contributed by atoms with Crippen molar-refractivity contribution in [2.75, 3.05) is 38.3 Å². The minimum Gasteiger partial charge on any atom is -0.491 e. The topological polar surface area (TPSA) is 85.4 Å². The summed E-state index contributed by atoms with van der Waals surface area (Å²) in [4.78, 5) is 40.1. The van der Waals surface area contributed by atoms with Crippen molar-refractivity contribution in [3.05, 3.63) is 23.3 Å². The van der Waals surface area contributed by atoms with Gasteiger partial charge in [0.1, 0.15) is 17.7 Å². The van der Waals surface area contributed by atoms with Crippen LogP contribution in [0.4, 0.5) is 19.3 Å². The van der Waals surface area contributed by atoms with Gasteiger partial charge in [-0.3, -0.25) is 9.59 Å². The van der Waals surface area contributed by atoms with Crippen LogP contribution in [0, 0.1) is 17.6 Å². The van der Waals surface area contributed by atoms with Crippen LogP contribution in [0.2, 0.25) is 0 Å². The molecule has 1 aromatic carbocycles. The fraction of sp³-hybridized carbons (Fsp3) is 0.625. The minimum atomic E-state index is -1.04. The summed E-state index contributed by atoms with van der Waals surface area (Å²) < 4.78 is 45.9. The van der Waals surface area contributed by atoms with Gasteiger partial charge in [0.25, 0.3) is 0 Å². The molecular weight excluding hydrogens is 450 g/mol. The van der Waals surface area contributed by atoms with Crippen LogP contribution in [0.5, 0.6) is 5.75 Å². The highest BCUT2D eigenvalue weighted by Gasteiger charge is 2.44. The molecule has 34 heavy (non-hydrogen) atoms. The smallest absolute Gasteiger partial charge is 0.410 e.